The first-order valence-corrected chi connectivity index (χ1v) is 5.34. The monoisotopic (exact) mass is 208 g/mol. The number of rotatable bonds is 3. The molecule has 0 saturated heterocycles. The lowest BCUT2D eigenvalue weighted by atomic mass is 10.0. The van der Waals surface area contributed by atoms with Gasteiger partial charge in [0.2, 0.25) is 0 Å². The average molecular weight is 209 g/mol. The molecule has 0 aromatic heterocycles. The number of carbonyl (C=O) groups excluding carboxylic acids is 1. The molecule has 1 aliphatic carbocycles. The van der Waals surface area contributed by atoms with Gasteiger partial charge in [-0.1, -0.05) is 23.7 Å². The fourth-order valence-electron chi connectivity index (χ4n) is 1.56. The summed E-state index contributed by atoms with van der Waals surface area (Å²) in [6, 6.07) is 5.64. The van der Waals surface area contributed by atoms with E-state index in [4.69, 9.17) is 11.6 Å². The van der Waals surface area contributed by atoms with Crippen molar-refractivity contribution in [1.82, 2.24) is 0 Å². The van der Waals surface area contributed by atoms with Gasteiger partial charge in [0.1, 0.15) is 0 Å². The van der Waals surface area contributed by atoms with E-state index >= 15 is 0 Å². The second-order valence-electron chi connectivity index (χ2n) is 4.01. The Hall–Kier alpha value is -0.820. The summed E-state index contributed by atoms with van der Waals surface area (Å²) in [4.78, 5) is 11.8. The van der Waals surface area contributed by atoms with Gasteiger partial charge in [0, 0.05) is 12.0 Å². The van der Waals surface area contributed by atoms with Gasteiger partial charge in [0.05, 0.1) is 5.02 Å². The molecule has 0 atom stereocenters. The molecule has 0 heterocycles. The Kier molecular flexibility index (Phi) is 2.60. The number of ketones is 1. The van der Waals surface area contributed by atoms with E-state index in [1.165, 1.54) is 12.8 Å². The highest BCUT2D eigenvalue weighted by atomic mass is 35.5. The molecule has 74 valence electrons. The van der Waals surface area contributed by atoms with E-state index in [1.807, 2.05) is 25.1 Å². The quantitative estimate of drug-likeness (QED) is 0.694. The lowest BCUT2D eigenvalue weighted by molar-refractivity contribution is 0.0976. The molecule has 2 rings (SSSR count). The molecule has 0 unspecified atom stereocenters. The third-order valence-electron chi connectivity index (χ3n) is 2.66. The molecule has 1 fully saturated rings. The van der Waals surface area contributed by atoms with Crippen LogP contribution in [0, 0.1) is 12.8 Å². The third kappa shape index (κ3) is 1.98. The Labute approximate surface area is 89.1 Å². The van der Waals surface area contributed by atoms with Gasteiger partial charge in [-0.2, -0.15) is 0 Å². The highest BCUT2D eigenvalue weighted by molar-refractivity contribution is 6.34. The summed E-state index contributed by atoms with van der Waals surface area (Å²) in [6.45, 7) is 1.93. The van der Waals surface area contributed by atoms with Crippen molar-refractivity contribution in [3.05, 3.63) is 34.3 Å². The Morgan fingerprint density at radius 1 is 1.50 bits per heavy atom. The number of hydrogen-bond acceptors (Lipinski definition) is 1. The van der Waals surface area contributed by atoms with Crippen molar-refractivity contribution in [1.29, 1.82) is 0 Å². The fourth-order valence-corrected chi connectivity index (χ4v) is 1.79. The Balaban J connectivity index is 2.21. The van der Waals surface area contributed by atoms with Crippen LogP contribution in [0.1, 0.15) is 35.2 Å². The van der Waals surface area contributed by atoms with Crippen LogP contribution in [0.15, 0.2) is 18.2 Å². The number of hydrogen-bond donors (Lipinski definition) is 0. The molecule has 0 spiro atoms. The SMILES string of the molecule is Cc1cccc(C(=O)CC2CC2)c1Cl. The van der Waals surface area contributed by atoms with E-state index in [2.05, 4.69) is 0 Å². The molecule has 1 aromatic carbocycles. The van der Waals surface area contributed by atoms with Crippen molar-refractivity contribution >= 4 is 17.4 Å². The van der Waals surface area contributed by atoms with Crippen LogP contribution in [0.2, 0.25) is 5.02 Å². The highest BCUT2D eigenvalue weighted by Crippen LogP contribution is 2.34. The van der Waals surface area contributed by atoms with E-state index in [0.29, 0.717) is 22.9 Å². The molecule has 0 radical (unpaired) electrons. The van der Waals surface area contributed by atoms with Gasteiger partial charge in [-0.25, -0.2) is 0 Å². The number of benzene rings is 1. The van der Waals surface area contributed by atoms with E-state index in [-0.39, 0.29) is 5.78 Å². The molecule has 0 bridgehead atoms. The zero-order valence-corrected chi connectivity index (χ0v) is 8.97. The first kappa shape index (κ1) is 9.72. The molecular formula is C12H13ClO. The topological polar surface area (TPSA) is 17.1 Å². The maximum absolute atomic E-state index is 11.8. The van der Waals surface area contributed by atoms with E-state index < -0.39 is 0 Å². The van der Waals surface area contributed by atoms with Gasteiger partial charge in [-0.15, -0.1) is 0 Å². The predicted octanol–water partition coefficient (Wildman–Crippen LogP) is 3.63. The Morgan fingerprint density at radius 2 is 2.21 bits per heavy atom. The molecule has 2 heteroatoms. The maximum atomic E-state index is 11.8. The van der Waals surface area contributed by atoms with E-state index in [0.717, 1.165) is 5.56 Å². The van der Waals surface area contributed by atoms with Crippen LogP contribution >= 0.6 is 11.6 Å². The second kappa shape index (κ2) is 3.74. The van der Waals surface area contributed by atoms with E-state index in [9.17, 15) is 4.79 Å². The summed E-state index contributed by atoms with van der Waals surface area (Å²) < 4.78 is 0. The standard InChI is InChI=1S/C12H13ClO/c1-8-3-2-4-10(12(8)13)11(14)7-9-5-6-9/h2-4,9H,5-7H2,1H3. The summed E-state index contributed by atoms with van der Waals surface area (Å²) in [5.74, 6) is 0.820. The van der Waals surface area contributed by atoms with Gasteiger partial charge in [0.25, 0.3) is 0 Å². The van der Waals surface area contributed by atoms with Crippen molar-refractivity contribution < 1.29 is 4.79 Å². The first-order valence-electron chi connectivity index (χ1n) is 4.97. The van der Waals surface area contributed by atoms with Gasteiger partial charge < -0.3 is 0 Å². The van der Waals surface area contributed by atoms with Crippen LogP contribution in [-0.2, 0) is 0 Å². The lowest BCUT2D eigenvalue weighted by Gasteiger charge is -2.04. The van der Waals surface area contributed by atoms with Crippen molar-refractivity contribution in [2.45, 2.75) is 26.2 Å². The Bertz CT molecular complexity index is 367. The first-order chi connectivity index (χ1) is 6.68. The molecular weight excluding hydrogens is 196 g/mol. The van der Waals surface area contributed by atoms with Crippen LogP contribution in [0.25, 0.3) is 0 Å². The predicted molar refractivity (Wildman–Crippen MR) is 57.9 cm³/mol. The molecule has 1 aromatic rings. The molecule has 1 aliphatic rings. The van der Waals surface area contributed by atoms with Crippen LogP contribution in [0.5, 0.6) is 0 Å². The number of halogens is 1. The molecule has 14 heavy (non-hydrogen) atoms. The summed E-state index contributed by atoms with van der Waals surface area (Å²) in [5, 5.41) is 0.623. The summed E-state index contributed by atoms with van der Waals surface area (Å²) in [5.41, 5.74) is 1.67. The third-order valence-corrected chi connectivity index (χ3v) is 3.16. The highest BCUT2D eigenvalue weighted by Gasteiger charge is 2.25. The van der Waals surface area contributed by atoms with Crippen LogP contribution in [0.4, 0.5) is 0 Å². The normalized spacial score (nSPS) is 15.6. The second-order valence-corrected chi connectivity index (χ2v) is 4.39. The molecule has 1 saturated carbocycles. The van der Waals surface area contributed by atoms with Gasteiger partial charge >= 0.3 is 0 Å². The molecule has 0 aliphatic heterocycles. The lowest BCUT2D eigenvalue weighted by Crippen LogP contribution is -2.01. The van der Waals surface area contributed by atoms with Gasteiger partial charge in [-0.3, -0.25) is 4.79 Å². The number of carbonyl (C=O) groups is 1. The smallest absolute Gasteiger partial charge is 0.164 e. The maximum Gasteiger partial charge on any atom is 0.164 e. The largest absolute Gasteiger partial charge is 0.294 e. The number of Topliss-reactive ketones (excluding diaryl/α,β-unsaturated/α-hetero) is 1. The molecule has 1 nitrogen and oxygen atoms in total. The average Bonchev–Trinajstić information content (AvgIpc) is 2.93. The van der Waals surface area contributed by atoms with E-state index in [1.54, 1.807) is 0 Å². The van der Waals surface area contributed by atoms with Crippen molar-refractivity contribution in [2.24, 2.45) is 5.92 Å². The zero-order valence-electron chi connectivity index (χ0n) is 8.22. The van der Waals surface area contributed by atoms with Gasteiger partial charge in [-0.05, 0) is 37.3 Å². The minimum atomic E-state index is 0.196. The number of aryl methyl sites for hydroxylation is 1. The van der Waals surface area contributed by atoms with Crippen molar-refractivity contribution in [3.8, 4) is 0 Å². The summed E-state index contributed by atoms with van der Waals surface area (Å²) in [7, 11) is 0. The minimum absolute atomic E-state index is 0.196. The molecule has 0 N–H and O–H groups in total. The van der Waals surface area contributed by atoms with Crippen LogP contribution < -0.4 is 0 Å². The van der Waals surface area contributed by atoms with Crippen molar-refractivity contribution in [2.75, 3.05) is 0 Å². The Morgan fingerprint density at radius 3 is 2.86 bits per heavy atom. The fraction of sp³-hybridized carbons (Fsp3) is 0.417. The minimum Gasteiger partial charge on any atom is -0.294 e. The van der Waals surface area contributed by atoms with Crippen molar-refractivity contribution in [3.63, 3.8) is 0 Å². The van der Waals surface area contributed by atoms with Crippen LogP contribution in [-0.4, -0.2) is 5.78 Å². The van der Waals surface area contributed by atoms with Gasteiger partial charge in [0.15, 0.2) is 5.78 Å². The summed E-state index contributed by atoms with van der Waals surface area (Å²) >= 11 is 6.07. The molecule has 0 amide bonds. The zero-order chi connectivity index (χ0) is 10.1. The van der Waals surface area contributed by atoms with Crippen LogP contribution in [0.3, 0.4) is 0 Å². The summed E-state index contributed by atoms with van der Waals surface area (Å²) in [6.07, 6.45) is 3.08.